The summed E-state index contributed by atoms with van der Waals surface area (Å²) >= 11 is 0. The summed E-state index contributed by atoms with van der Waals surface area (Å²) in [6, 6.07) is 19.0. The number of amides is 1. The van der Waals surface area contributed by atoms with Crippen molar-refractivity contribution in [3.05, 3.63) is 88.0 Å². The number of aromatic amines is 1. The maximum Gasteiger partial charge on any atom is 0.271 e. The highest BCUT2D eigenvalue weighted by Gasteiger charge is 2.11. The lowest BCUT2D eigenvalue weighted by Gasteiger charge is -2.11. The summed E-state index contributed by atoms with van der Waals surface area (Å²) in [5.74, 6) is 0.214. The zero-order chi connectivity index (χ0) is 22.7. The molecule has 9 nitrogen and oxygen atoms in total. The van der Waals surface area contributed by atoms with Crippen molar-refractivity contribution in [1.82, 2.24) is 15.4 Å². The van der Waals surface area contributed by atoms with Crippen LogP contribution < -0.4 is 10.3 Å². The number of anilines is 1. The van der Waals surface area contributed by atoms with Crippen LogP contribution in [0.3, 0.4) is 0 Å². The van der Waals surface area contributed by atoms with Crippen molar-refractivity contribution in [3.8, 4) is 11.4 Å². The number of benzene rings is 3. The number of hydrazone groups is 1. The Balaban J connectivity index is 1.47. The van der Waals surface area contributed by atoms with Crippen LogP contribution in [0.15, 0.2) is 71.8 Å². The lowest BCUT2D eigenvalue weighted by atomic mass is 10.2. The molecule has 0 fully saturated rings. The Labute approximate surface area is 183 Å². The van der Waals surface area contributed by atoms with Gasteiger partial charge in [-0.15, -0.1) is 0 Å². The first-order valence-electron chi connectivity index (χ1n) is 9.76. The van der Waals surface area contributed by atoms with Gasteiger partial charge in [0.05, 0.1) is 22.2 Å². The van der Waals surface area contributed by atoms with E-state index >= 15 is 0 Å². The Morgan fingerprint density at radius 3 is 2.47 bits per heavy atom. The SMILES string of the molecule is CN(C)c1ccc(/C=N\NC(=O)c2ccc3nc(-c4ccc([N+](=O)[O-])cc4)[nH]c3c2)cc1. The molecular formula is C23H20N6O3. The van der Waals surface area contributed by atoms with Gasteiger partial charge in [0, 0.05) is 43.0 Å². The number of imidazole rings is 1. The van der Waals surface area contributed by atoms with Crippen molar-refractivity contribution in [1.29, 1.82) is 0 Å². The lowest BCUT2D eigenvalue weighted by Crippen LogP contribution is -2.17. The minimum Gasteiger partial charge on any atom is -0.378 e. The lowest BCUT2D eigenvalue weighted by molar-refractivity contribution is -0.384. The number of rotatable bonds is 6. The number of nitrogens with one attached hydrogen (secondary N) is 2. The maximum absolute atomic E-state index is 12.5. The number of nitro groups is 1. The molecule has 0 aliphatic carbocycles. The highest BCUT2D eigenvalue weighted by molar-refractivity contribution is 5.98. The van der Waals surface area contributed by atoms with E-state index in [1.165, 1.54) is 12.1 Å². The smallest absolute Gasteiger partial charge is 0.271 e. The molecule has 1 aromatic heterocycles. The number of non-ortho nitro benzene ring substituents is 1. The second-order valence-electron chi connectivity index (χ2n) is 7.31. The zero-order valence-corrected chi connectivity index (χ0v) is 17.4. The molecule has 0 aliphatic rings. The third-order valence-electron chi connectivity index (χ3n) is 4.88. The van der Waals surface area contributed by atoms with E-state index in [1.807, 2.05) is 43.3 Å². The standard InChI is InChI=1S/C23H20N6O3/c1-28(2)18-8-3-15(4-9-18)14-24-27-23(30)17-7-12-20-21(13-17)26-22(25-20)16-5-10-19(11-6-16)29(31)32/h3-14H,1-2H3,(H,25,26)(H,27,30)/b24-14-. The predicted molar refractivity (Wildman–Crippen MR) is 124 cm³/mol. The van der Waals surface area contributed by atoms with Gasteiger partial charge in [-0.3, -0.25) is 14.9 Å². The molecule has 3 aromatic carbocycles. The fourth-order valence-corrected chi connectivity index (χ4v) is 3.12. The Morgan fingerprint density at radius 1 is 1.09 bits per heavy atom. The van der Waals surface area contributed by atoms with Crippen LogP contribution >= 0.6 is 0 Å². The number of fused-ring (bicyclic) bond motifs is 1. The summed E-state index contributed by atoms with van der Waals surface area (Å²) in [6.07, 6.45) is 1.58. The molecule has 0 saturated heterocycles. The molecule has 0 unspecified atom stereocenters. The van der Waals surface area contributed by atoms with E-state index in [-0.39, 0.29) is 11.6 Å². The third-order valence-corrected chi connectivity index (χ3v) is 4.88. The summed E-state index contributed by atoms with van der Waals surface area (Å²) in [5, 5.41) is 14.8. The molecule has 2 N–H and O–H groups in total. The van der Waals surface area contributed by atoms with Crippen molar-refractivity contribution < 1.29 is 9.72 Å². The molecule has 160 valence electrons. The van der Waals surface area contributed by atoms with Crippen molar-refractivity contribution >= 4 is 34.5 Å². The third kappa shape index (κ3) is 4.46. The molecule has 4 aromatic rings. The van der Waals surface area contributed by atoms with Gasteiger partial charge < -0.3 is 9.88 Å². The van der Waals surface area contributed by atoms with Crippen LogP contribution in [0.5, 0.6) is 0 Å². The summed E-state index contributed by atoms with van der Waals surface area (Å²) in [4.78, 5) is 32.5. The van der Waals surface area contributed by atoms with Crippen molar-refractivity contribution in [2.75, 3.05) is 19.0 Å². The number of carbonyl (C=O) groups is 1. The molecule has 0 aliphatic heterocycles. The molecule has 0 radical (unpaired) electrons. The van der Waals surface area contributed by atoms with E-state index < -0.39 is 4.92 Å². The van der Waals surface area contributed by atoms with Crippen LogP contribution in [-0.4, -0.2) is 41.1 Å². The van der Waals surface area contributed by atoms with E-state index in [9.17, 15) is 14.9 Å². The van der Waals surface area contributed by atoms with Crippen LogP contribution in [0.4, 0.5) is 11.4 Å². The first-order valence-corrected chi connectivity index (χ1v) is 9.76. The normalized spacial score (nSPS) is 11.1. The topological polar surface area (TPSA) is 117 Å². The Kier molecular flexibility index (Phi) is 5.63. The largest absolute Gasteiger partial charge is 0.378 e. The quantitative estimate of drug-likeness (QED) is 0.274. The van der Waals surface area contributed by atoms with E-state index in [2.05, 4.69) is 20.5 Å². The predicted octanol–water partition coefficient (Wildman–Crippen LogP) is 3.97. The number of aromatic nitrogens is 2. The molecule has 1 heterocycles. The Bertz CT molecular complexity index is 1310. The van der Waals surface area contributed by atoms with Crippen molar-refractivity contribution in [3.63, 3.8) is 0 Å². The number of nitro benzene ring substituents is 1. The highest BCUT2D eigenvalue weighted by Crippen LogP contribution is 2.23. The van der Waals surface area contributed by atoms with Gasteiger partial charge in [0.25, 0.3) is 11.6 Å². The van der Waals surface area contributed by atoms with Gasteiger partial charge in [-0.1, -0.05) is 12.1 Å². The molecule has 4 rings (SSSR count). The summed E-state index contributed by atoms with van der Waals surface area (Å²) in [6.45, 7) is 0. The molecule has 0 spiro atoms. The molecule has 0 saturated carbocycles. The van der Waals surface area contributed by atoms with Crippen LogP contribution in [0, 0.1) is 10.1 Å². The van der Waals surface area contributed by atoms with Gasteiger partial charge in [0.2, 0.25) is 0 Å². The number of hydrogen-bond donors (Lipinski definition) is 2. The summed E-state index contributed by atoms with van der Waals surface area (Å²) < 4.78 is 0. The van der Waals surface area contributed by atoms with Crippen LogP contribution in [0.2, 0.25) is 0 Å². The van der Waals surface area contributed by atoms with Crippen LogP contribution in [0.1, 0.15) is 15.9 Å². The van der Waals surface area contributed by atoms with Gasteiger partial charge >= 0.3 is 0 Å². The molecule has 0 atom stereocenters. The molecule has 9 heteroatoms. The molecule has 0 bridgehead atoms. The second-order valence-corrected chi connectivity index (χ2v) is 7.31. The molecule has 1 amide bonds. The van der Waals surface area contributed by atoms with Gasteiger partial charge in [0.15, 0.2) is 0 Å². The fourth-order valence-electron chi connectivity index (χ4n) is 3.12. The average Bonchev–Trinajstić information content (AvgIpc) is 3.23. The summed E-state index contributed by atoms with van der Waals surface area (Å²) in [7, 11) is 3.93. The van der Waals surface area contributed by atoms with Gasteiger partial charge in [-0.05, 0) is 48.0 Å². The number of hydrogen-bond acceptors (Lipinski definition) is 6. The minimum atomic E-state index is -0.450. The maximum atomic E-state index is 12.5. The minimum absolute atomic E-state index is 0.0121. The first kappa shape index (κ1) is 20.7. The Morgan fingerprint density at radius 2 is 1.81 bits per heavy atom. The van der Waals surface area contributed by atoms with E-state index in [0.29, 0.717) is 28.0 Å². The average molecular weight is 428 g/mol. The van der Waals surface area contributed by atoms with Crippen molar-refractivity contribution in [2.24, 2.45) is 5.10 Å². The monoisotopic (exact) mass is 428 g/mol. The van der Waals surface area contributed by atoms with Gasteiger partial charge in [-0.25, -0.2) is 10.4 Å². The molecular weight excluding hydrogens is 408 g/mol. The van der Waals surface area contributed by atoms with Crippen LogP contribution in [-0.2, 0) is 0 Å². The number of carbonyl (C=O) groups excluding carboxylic acids is 1. The summed E-state index contributed by atoms with van der Waals surface area (Å²) in [5.41, 5.74) is 6.98. The van der Waals surface area contributed by atoms with E-state index in [0.717, 1.165) is 11.3 Å². The van der Waals surface area contributed by atoms with Crippen LogP contribution in [0.25, 0.3) is 22.4 Å². The number of nitrogens with zero attached hydrogens (tertiary/aromatic N) is 4. The molecule has 32 heavy (non-hydrogen) atoms. The van der Waals surface area contributed by atoms with Gasteiger partial charge in [0.1, 0.15) is 5.82 Å². The highest BCUT2D eigenvalue weighted by atomic mass is 16.6. The first-order chi connectivity index (χ1) is 15.4. The van der Waals surface area contributed by atoms with Gasteiger partial charge in [-0.2, -0.15) is 5.10 Å². The zero-order valence-electron chi connectivity index (χ0n) is 17.4. The Hall–Kier alpha value is -4.53. The van der Waals surface area contributed by atoms with Crippen molar-refractivity contribution in [2.45, 2.75) is 0 Å². The second kappa shape index (κ2) is 8.68. The fraction of sp³-hybridized carbons (Fsp3) is 0.0870. The van der Waals surface area contributed by atoms with E-state index in [1.54, 1.807) is 36.5 Å². The van der Waals surface area contributed by atoms with E-state index in [4.69, 9.17) is 0 Å². The number of H-pyrrole nitrogens is 1.